The first-order valence-corrected chi connectivity index (χ1v) is 8.57. The topological polar surface area (TPSA) is 98.5 Å². The zero-order valence-electron chi connectivity index (χ0n) is 12.0. The van der Waals surface area contributed by atoms with E-state index in [-0.39, 0.29) is 28.2 Å². The third-order valence-electron chi connectivity index (χ3n) is 3.50. The number of rotatable bonds is 5. The van der Waals surface area contributed by atoms with Gasteiger partial charge in [-0.25, -0.2) is 13.6 Å². The van der Waals surface area contributed by atoms with Gasteiger partial charge in [0.25, 0.3) is 5.91 Å². The molecule has 0 unspecified atom stereocenters. The number of carbonyl (C=O) groups excluding carboxylic acids is 1. The highest BCUT2D eigenvalue weighted by Crippen LogP contribution is 2.25. The van der Waals surface area contributed by atoms with E-state index < -0.39 is 10.0 Å². The molecule has 1 aliphatic carbocycles. The van der Waals surface area contributed by atoms with Gasteiger partial charge in [0.15, 0.2) is 0 Å². The fourth-order valence-electron chi connectivity index (χ4n) is 2.49. The molecule has 2 rings (SSSR count). The van der Waals surface area contributed by atoms with Crippen LogP contribution < -0.4 is 15.2 Å². The van der Waals surface area contributed by atoms with Gasteiger partial charge in [-0.1, -0.05) is 12.8 Å². The van der Waals surface area contributed by atoms with Crippen LogP contribution in [0.25, 0.3) is 0 Å². The van der Waals surface area contributed by atoms with Crippen molar-refractivity contribution in [3.63, 3.8) is 0 Å². The van der Waals surface area contributed by atoms with Gasteiger partial charge in [0.2, 0.25) is 10.0 Å². The fourth-order valence-corrected chi connectivity index (χ4v) is 3.18. The summed E-state index contributed by atoms with van der Waals surface area (Å²) < 4.78 is 28.5. The maximum atomic E-state index is 12.2. The van der Waals surface area contributed by atoms with E-state index in [1.54, 1.807) is 13.0 Å². The lowest BCUT2D eigenvalue weighted by atomic mass is 10.1. The fraction of sp³-hybridized carbons (Fsp3) is 0.500. The van der Waals surface area contributed by atoms with Crippen molar-refractivity contribution in [3.05, 3.63) is 23.8 Å². The smallest absolute Gasteiger partial charge is 0.251 e. The summed E-state index contributed by atoms with van der Waals surface area (Å²) in [7, 11) is -3.94. The molecule has 6 nitrogen and oxygen atoms in total. The van der Waals surface area contributed by atoms with Crippen LogP contribution in [0.1, 0.15) is 43.0 Å². The quantitative estimate of drug-likeness (QED) is 0.858. The Hall–Kier alpha value is -1.60. The van der Waals surface area contributed by atoms with Gasteiger partial charge in [-0.2, -0.15) is 0 Å². The van der Waals surface area contributed by atoms with Gasteiger partial charge >= 0.3 is 0 Å². The molecule has 0 radical (unpaired) electrons. The number of ether oxygens (including phenoxy) is 1. The summed E-state index contributed by atoms with van der Waals surface area (Å²) in [6.45, 7) is 2.06. The monoisotopic (exact) mass is 312 g/mol. The molecule has 0 aliphatic heterocycles. The molecule has 1 aromatic rings. The molecule has 0 bridgehead atoms. The van der Waals surface area contributed by atoms with Crippen molar-refractivity contribution in [1.82, 2.24) is 5.32 Å². The second-order valence-electron chi connectivity index (χ2n) is 5.09. The molecule has 21 heavy (non-hydrogen) atoms. The zero-order chi connectivity index (χ0) is 15.5. The largest absolute Gasteiger partial charge is 0.492 e. The summed E-state index contributed by atoms with van der Waals surface area (Å²) in [6.07, 6.45) is 4.14. The third kappa shape index (κ3) is 3.95. The van der Waals surface area contributed by atoms with Crippen LogP contribution in [0, 0.1) is 0 Å². The normalized spacial score (nSPS) is 15.9. The first kappa shape index (κ1) is 15.8. The van der Waals surface area contributed by atoms with Crippen molar-refractivity contribution in [2.45, 2.75) is 43.5 Å². The highest BCUT2D eigenvalue weighted by Gasteiger charge is 2.21. The summed E-state index contributed by atoms with van der Waals surface area (Å²) in [4.78, 5) is 12.0. The van der Waals surface area contributed by atoms with Crippen LogP contribution in [0.2, 0.25) is 0 Å². The Kier molecular flexibility index (Phi) is 4.84. The first-order valence-electron chi connectivity index (χ1n) is 7.02. The number of benzene rings is 1. The lowest BCUT2D eigenvalue weighted by Gasteiger charge is -2.14. The molecule has 1 aromatic carbocycles. The second kappa shape index (κ2) is 6.44. The van der Waals surface area contributed by atoms with Crippen molar-refractivity contribution in [3.8, 4) is 5.75 Å². The highest BCUT2D eigenvalue weighted by atomic mass is 32.2. The van der Waals surface area contributed by atoms with Gasteiger partial charge in [0, 0.05) is 11.6 Å². The average molecular weight is 312 g/mol. The van der Waals surface area contributed by atoms with Crippen LogP contribution >= 0.6 is 0 Å². The van der Waals surface area contributed by atoms with Crippen molar-refractivity contribution < 1.29 is 17.9 Å². The molecule has 1 saturated carbocycles. The van der Waals surface area contributed by atoms with Crippen molar-refractivity contribution >= 4 is 15.9 Å². The lowest BCUT2D eigenvalue weighted by Crippen LogP contribution is -2.32. The molecular weight excluding hydrogens is 292 g/mol. The van der Waals surface area contributed by atoms with Crippen molar-refractivity contribution in [1.29, 1.82) is 0 Å². The molecule has 0 heterocycles. The average Bonchev–Trinajstić information content (AvgIpc) is 2.91. The standard InChI is InChI=1S/C14H20N2O4S/c1-2-20-12-8-7-10(9-13(12)21(15,18)19)14(17)16-11-5-3-4-6-11/h7-9,11H,2-6H2,1H3,(H,16,17)(H2,15,18,19). The Morgan fingerprint density at radius 2 is 2.05 bits per heavy atom. The molecule has 1 amide bonds. The van der Waals surface area contributed by atoms with E-state index in [0.29, 0.717) is 6.61 Å². The van der Waals surface area contributed by atoms with E-state index in [1.807, 2.05) is 0 Å². The van der Waals surface area contributed by atoms with Crippen LogP contribution in [0.5, 0.6) is 5.75 Å². The molecule has 0 saturated heterocycles. The van der Waals surface area contributed by atoms with E-state index in [1.165, 1.54) is 12.1 Å². The molecule has 7 heteroatoms. The summed E-state index contributed by atoms with van der Waals surface area (Å²) >= 11 is 0. The van der Waals surface area contributed by atoms with Gasteiger partial charge in [-0.15, -0.1) is 0 Å². The Labute approximate surface area is 124 Å². The Morgan fingerprint density at radius 1 is 1.38 bits per heavy atom. The summed E-state index contributed by atoms with van der Waals surface area (Å²) in [6, 6.07) is 4.45. The maximum absolute atomic E-state index is 12.2. The summed E-state index contributed by atoms with van der Waals surface area (Å²) in [5, 5.41) is 8.09. The molecule has 116 valence electrons. The molecule has 3 N–H and O–H groups in total. The highest BCUT2D eigenvalue weighted by molar-refractivity contribution is 7.89. The Morgan fingerprint density at radius 3 is 2.62 bits per heavy atom. The number of nitrogens with one attached hydrogen (secondary N) is 1. The predicted molar refractivity (Wildman–Crippen MR) is 78.7 cm³/mol. The van der Waals surface area contributed by atoms with Crippen LogP contribution in [-0.2, 0) is 10.0 Å². The molecular formula is C14H20N2O4S. The summed E-state index contributed by atoms with van der Waals surface area (Å²) in [5.74, 6) is -0.118. The lowest BCUT2D eigenvalue weighted by molar-refractivity contribution is 0.0937. The number of amides is 1. The van der Waals surface area contributed by atoms with E-state index in [4.69, 9.17) is 9.88 Å². The maximum Gasteiger partial charge on any atom is 0.251 e. The molecule has 1 fully saturated rings. The zero-order valence-corrected chi connectivity index (χ0v) is 12.8. The van der Waals surface area contributed by atoms with Gasteiger partial charge in [0.1, 0.15) is 10.6 Å². The number of primary sulfonamides is 1. The van der Waals surface area contributed by atoms with E-state index in [0.717, 1.165) is 25.7 Å². The van der Waals surface area contributed by atoms with E-state index in [2.05, 4.69) is 5.32 Å². The van der Waals surface area contributed by atoms with Crippen LogP contribution in [-0.4, -0.2) is 27.0 Å². The summed E-state index contributed by atoms with van der Waals surface area (Å²) in [5.41, 5.74) is 0.273. The number of hydrogen-bond donors (Lipinski definition) is 2. The van der Waals surface area contributed by atoms with E-state index >= 15 is 0 Å². The Bertz CT molecular complexity index is 622. The number of sulfonamides is 1. The van der Waals surface area contributed by atoms with Crippen molar-refractivity contribution in [2.24, 2.45) is 5.14 Å². The SMILES string of the molecule is CCOc1ccc(C(=O)NC2CCCC2)cc1S(N)(=O)=O. The van der Waals surface area contributed by atoms with Crippen LogP contribution in [0.3, 0.4) is 0 Å². The molecule has 1 aliphatic rings. The predicted octanol–water partition coefficient (Wildman–Crippen LogP) is 1.41. The Balaban J connectivity index is 2.26. The second-order valence-corrected chi connectivity index (χ2v) is 6.62. The third-order valence-corrected chi connectivity index (χ3v) is 4.43. The molecule has 0 aromatic heterocycles. The van der Waals surface area contributed by atoms with Gasteiger partial charge in [-0.05, 0) is 38.0 Å². The minimum atomic E-state index is -3.94. The van der Waals surface area contributed by atoms with E-state index in [9.17, 15) is 13.2 Å². The number of carbonyl (C=O) groups is 1. The van der Waals surface area contributed by atoms with Crippen molar-refractivity contribution in [2.75, 3.05) is 6.61 Å². The van der Waals surface area contributed by atoms with Gasteiger partial charge in [0.05, 0.1) is 6.61 Å². The van der Waals surface area contributed by atoms with Crippen LogP contribution in [0.15, 0.2) is 23.1 Å². The van der Waals surface area contributed by atoms with Gasteiger partial charge < -0.3 is 10.1 Å². The molecule has 0 spiro atoms. The number of hydrogen-bond acceptors (Lipinski definition) is 4. The van der Waals surface area contributed by atoms with Crippen LogP contribution in [0.4, 0.5) is 0 Å². The first-order chi connectivity index (χ1) is 9.91. The van der Waals surface area contributed by atoms with Gasteiger partial charge in [-0.3, -0.25) is 4.79 Å². The minimum Gasteiger partial charge on any atom is -0.492 e. The number of nitrogens with two attached hydrogens (primary N) is 1. The minimum absolute atomic E-state index is 0.163. The molecule has 0 atom stereocenters.